The first-order chi connectivity index (χ1) is 15.5. The summed E-state index contributed by atoms with van der Waals surface area (Å²) in [6.45, 7) is 1.95. The van der Waals surface area contributed by atoms with Crippen molar-refractivity contribution in [3.63, 3.8) is 0 Å². The maximum Gasteiger partial charge on any atom is 0.253 e. The van der Waals surface area contributed by atoms with Gasteiger partial charge in [-0.1, -0.05) is 0 Å². The van der Waals surface area contributed by atoms with Gasteiger partial charge in [0.1, 0.15) is 0 Å². The topological polar surface area (TPSA) is 90.0 Å². The maximum absolute atomic E-state index is 12.5. The van der Waals surface area contributed by atoms with Gasteiger partial charge in [0.25, 0.3) is 5.91 Å². The molecular weight excluding hydrogens is 410 g/mol. The first-order valence-electron chi connectivity index (χ1n) is 10.5. The number of carbonyl (C=O) groups is 2. The lowest BCUT2D eigenvalue weighted by molar-refractivity contribution is -0.116. The molecule has 1 N–H and O–H groups in total. The molecule has 2 heterocycles. The van der Waals surface area contributed by atoms with Crippen molar-refractivity contribution in [3.05, 3.63) is 53.9 Å². The predicted octanol–water partition coefficient (Wildman–Crippen LogP) is 2.79. The van der Waals surface area contributed by atoms with Crippen LogP contribution >= 0.6 is 0 Å². The Morgan fingerprint density at radius 3 is 2.25 bits per heavy atom. The minimum absolute atomic E-state index is 0.0307. The zero-order chi connectivity index (χ0) is 22.9. The van der Waals surface area contributed by atoms with E-state index in [9.17, 15) is 9.59 Å². The van der Waals surface area contributed by atoms with E-state index in [4.69, 9.17) is 14.2 Å². The van der Waals surface area contributed by atoms with E-state index in [0.717, 1.165) is 18.4 Å². The van der Waals surface area contributed by atoms with Crippen LogP contribution in [0.25, 0.3) is 6.08 Å². The van der Waals surface area contributed by atoms with Crippen molar-refractivity contribution in [2.24, 2.45) is 5.92 Å². The highest BCUT2D eigenvalue weighted by atomic mass is 16.5. The number of aromatic nitrogens is 1. The lowest BCUT2D eigenvalue weighted by atomic mass is 9.96. The normalized spacial score (nSPS) is 14.3. The fourth-order valence-corrected chi connectivity index (χ4v) is 3.69. The van der Waals surface area contributed by atoms with Crippen molar-refractivity contribution in [1.82, 2.24) is 15.2 Å². The third-order valence-electron chi connectivity index (χ3n) is 5.51. The quantitative estimate of drug-likeness (QED) is 0.636. The van der Waals surface area contributed by atoms with Gasteiger partial charge in [0.15, 0.2) is 11.5 Å². The van der Waals surface area contributed by atoms with Gasteiger partial charge >= 0.3 is 0 Å². The van der Waals surface area contributed by atoms with E-state index in [0.29, 0.717) is 48.4 Å². The van der Waals surface area contributed by atoms with Crippen LogP contribution < -0.4 is 19.5 Å². The molecule has 3 rings (SSSR count). The zero-order valence-electron chi connectivity index (χ0n) is 18.7. The molecular formula is C24H29N3O5. The SMILES string of the molecule is COc1cc(/C=C/C(=O)NCC2CCN(C(=O)c3ccncc3)CC2)cc(OC)c1OC. The second kappa shape index (κ2) is 11.2. The van der Waals surface area contributed by atoms with Gasteiger partial charge in [-0.25, -0.2) is 0 Å². The lowest BCUT2D eigenvalue weighted by Crippen LogP contribution is -2.41. The molecule has 0 unspecified atom stereocenters. The second-order valence-electron chi connectivity index (χ2n) is 7.51. The van der Waals surface area contributed by atoms with Crippen LogP contribution in [0.3, 0.4) is 0 Å². The van der Waals surface area contributed by atoms with Crippen LogP contribution in [0.5, 0.6) is 17.2 Å². The monoisotopic (exact) mass is 439 g/mol. The third-order valence-corrected chi connectivity index (χ3v) is 5.51. The van der Waals surface area contributed by atoms with E-state index >= 15 is 0 Å². The number of nitrogens with one attached hydrogen (secondary N) is 1. The zero-order valence-corrected chi connectivity index (χ0v) is 18.7. The molecule has 1 fully saturated rings. The molecule has 32 heavy (non-hydrogen) atoms. The van der Waals surface area contributed by atoms with Crippen LogP contribution in [-0.4, -0.2) is 62.7 Å². The average molecular weight is 440 g/mol. The molecule has 1 aromatic heterocycles. The predicted molar refractivity (Wildman–Crippen MR) is 121 cm³/mol. The minimum atomic E-state index is -0.172. The molecule has 0 saturated carbocycles. The molecule has 0 bridgehead atoms. The van der Waals surface area contributed by atoms with E-state index in [-0.39, 0.29) is 11.8 Å². The molecule has 0 atom stereocenters. The number of ether oxygens (including phenoxy) is 3. The van der Waals surface area contributed by atoms with Gasteiger partial charge in [0, 0.05) is 43.7 Å². The van der Waals surface area contributed by atoms with Crippen LogP contribution in [-0.2, 0) is 4.79 Å². The number of hydrogen-bond donors (Lipinski definition) is 1. The van der Waals surface area contributed by atoms with E-state index in [1.807, 2.05) is 4.90 Å². The van der Waals surface area contributed by atoms with Gasteiger partial charge in [-0.15, -0.1) is 0 Å². The Morgan fingerprint density at radius 2 is 1.69 bits per heavy atom. The minimum Gasteiger partial charge on any atom is -0.493 e. The third kappa shape index (κ3) is 5.78. The molecule has 170 valence electrons. The fourth-order valence-electron chi connectivity index (χ4n) is 3.69. The molecule has 8 heteroatoms. The first kappa shape index (κ1) is 23.1. The highest BCUT2D eigenvalue weighted by Crippen LogP contribution is 2.38. The van der Waals surface area contributed by atoms with Crippen LogP contribution in [0.1, 0.15) is 28.8 Å². The maximum atomic E-state index is 12.5. The summed E-state index contributed by atoms with van der Waals surface area (Å²) in [7, 11) is 4.64. The molecule has 0 aliphatic carbocycles. The number of likely N-dealkylation sites (tertiary alicyclic amines) is 1. The van der Waals surface area contributed by atoms with Crippen molar-refractivity contribution in [1.29, 1.82) is 0 Å². The number of amides is 2. The number of hydrogen-bond acceptors (Lipinski definition) is 6. The van der Waals surface area contributed by atoms with Gasteiger partial charge in [-0.05, 0) is 54.7 Å². The summed E-state index contributed by atoms with van der Waals surface area (Å²) >= 11 is 0. The first-order valence-corrected chi connectivity index (χ1v) is 10.5. The van der Waals surface area contributed by atoms with E-state index in [2.05, 4.69) is 10.3 Å². The molecule has 1 aliphatic rings. The van der Waals surface area contributed by atoms with Crippen LogP contribution in [0.15, 0.2) is 42.7 Å². The highest BCUT2D eigenvalue weighted by Gasteiger charge is 2.23. The Hall–Kier alpha value is -3.55. The Bertz CT molecular complexity index is 928. The highest BCUT2D eigenvalue weighted by molar-refractivity contribution is 5.94. The molecule has 0 radical (unpaired) electrons. The van der Waals surface area contributed by atoms with E-state index < -0.39 is 0 Å². The van der Waals surface area contributed by atoms with Gasteiger partial charge in [0.2, 0.25) is 11.7 Å². The van der Waals surface area contributed by atoms with Gasteiger partial charge in [0.05, 0.1) is 21.3 Å². The molecule has 8 nitrogen and oxygen atoms in total. The number of methoxy groups -OCH3 is 3. The van der Waals surface area contributed by atoms with Crippen LogP contribution in [0.4, 0.5) is 0 Å². The fraction of sp³-hybridized carbons (Fsp3) is 0.375. The summed E-state index contributed by atoms with van der Waals surface area (Å²) in [5.41, 5.74) is 1.42. The summed E-state index contributed by atoms with van der Waals surface area (Å²) in [6, 6.07) is 7.02. The number of piperidine rings is 1. The van der Waals surface area contributed by atoms with Crippen molar-refractivity contribution >= 4 is 17.9 Å². The van der Waals surface area contributed by atoms with Gasteiger partial charge < -0.3 is 24.4 Å². The lowest BCUT2D eigenvalue weighted by Gasteiger charge is -2.32. The Morgan fingerprint density at radius 1 is 1.06 bits per heavy atom. The standard InChI is InChI=1S/C24H29N3O5/c1-30-20-14-18(15-21(31-2)23(20)32-3)4-5-22(28)26-16-17-8-12-27(13-9-17)24(29)19-6-10-25-11-7-19/h4-7,10-11,14-15,17H,8-9,12-13,16H2,1-3H3,(H,26,28)/b5-4+. The van der Waals surface area contributed by atoms with Crippen molar-refractivity contribution in [2.75, 3.05) is 41.0 Å². The Labute approximate surface area is 188 Å². The summed E-state index contributed by atoms with van der Waals surface area (Å²) < 4.78 is 16.0. The summed E-state index contributed by atoms with van der Waals surface area (Å²) in [5, 5.41) is 2.95. The van der Waals surface area contributed by atoms with Gasteiger partial charge in [-0.2, -0.15) is 0 Å². The van der Waals surface area contributed by atoms with Crippen LogP contribution in [0.2, 0.25) is 0 Å². The number of carbonyl (C=O) groups excluding carboxylic acids is 2. The Balaban J connectivity index is 1.48. The van der Waals surface area contributed by atoms with Crippen molar-refractivity contribution < 1.29 is 23.8 Å². The number of nitrogens with zero attached hydrogens (tertiary/aromatic N) is 2. The van der Waals surface area contributed by atoms with Gasteiger partial charge in [-0.3, -0.25) is 14.6 Å². The largest absolute Gasteiger partial charge is 0.493 e. The molecule has 2 aromatic rings. The second-order valence-corrected chi connectivity index (χ2v) is 7.51. The van der Waals surface area contributed by atoms with Crippen LogP contribution in [0, 0.1) is 5.92 Å². The smallest absolute Gasteiger partial charge is 0.253 e. The summed E-state index contributed by atoms with van der Waals surface area (Å²) in [6.07, 6.45) is 8.16. The Kier molecular flexibility index (Phi) is 8.08. The summed E-state index contributed by atoms with van der Waals surface area (Å²) in [5.74, 6) is 1.76. The molecule has 1 saturated heterocycles. The molecule has 1 aromatic carbocycles. The molecule has 1 aliphatic heterocycles. The number of benzene rings is 1. The van der Waals surface area contributed by atoms with Crippen molar-refractivity contribution in [2.45, 2.75) is 12.8 Å². The van der Waals surface area contributed by atoms with Crippen molar-refractivity contribution in [3.8, 4) is 17.2 Å². The molecule has 0 spiro atoms. The van der Waals surface area contributed by atoms with E-state index in [1.165, 1.54) is 6.08 Å². The number of pyridine rings is 1. The average Bonchev–Trinajstić information content (AvgIpc) is 2.85. The molecule has 2 amide bonds. The van der Waals surface area contributed by atoms with E-state index in [1.54, 1.807) is 64.1 Å². The number of rotatable bonds is 8. The summed E-state index contributed by atoms with van der Waals surface area (Å²) in [4.78, 5) is 30.6.